The van der Waals surface area contributed by atoms with Crippen LogP contribution >= 0.6 is 0 Å². The number of anilines is 1. The van der Waals surface area contributed by atoms with Gasteiger partial charge in [0.2, 0.25) is 0 Å². The van der Waals surface area contributed by atoms with E-state index in [9.17, 15) is 0 Å². The highest BCUT2D eigenvalue weighted by Crippen LogP contribution is 2.25. The molecule has 0 radical (unpaired) electrons. The van der Waals surface area contributed by atoms with Crippen LogP contribution in [0.3, 0.4) is 0 Å². The Labute approximate surface area is 110 Å². The molecule has 0 saturated carbocycles. The molecular weight excluding hydrogens is 224 g/mol. The number of aromatic nitrogens is 2. The van der Waals surface area contributed by atoms with E-state index < -0.39 is 0 Å². The SMILES string of the molecule is CC(C)NCc1cncc(N2CC(C)C(C)C2)n1. The summed E-state index contributed by atoms with van der Waals surface area (Å²) in [4.78, 5) is 11.4. The van der Waals surface area contributed by atoms with Crippen molar-refractivity contribution >= 4 is 5.82 Å². The highest BCUT2D eigenvalue weighted by atomic mass is 15.2. The third-order valence-electron chi connectivity index (χ3n) is 3.68. The Morgan fingerprint density at radius 3 is 2.56 bits per heavy atom. The third-order valence-corrected chi connectivity index (χ3v) is 3.68. The Bertz CT molecular complexity index is 381. The fourth-order valence-electron chi connectivity index (χ4n) is 2.26. The maximum atomic E-state index is 4.70. The van der Waals surface area contributed by atoms with Crippen molar-refractivity contribution < 1.29 is 0 Å². The smallest absolute Gasteiger partial charge is 0.147 e. The molecule has 2 heterocycles. The monoisotopic (exact) mass is 248 g/mol. The van der Waals surface area contributed by atoms with Gasteiger partial charge in [-0.05, 0) is 11.8 Å². The molecule has 100 valence electrons. The van der Waals surface area contributed by atoms with E-state index in [2.05, 4.69) is 42.9 Å². The lowest BCUT2D eigenvalue weighted by atomic mass is 10.0. The molecule has 0 amide bonds. The van der Waals surface area contributed by atoms with Gasteiger partial charge in [0.05, 0.1) is 11.9 Å². The van der Waals surface area contributed by atoms with Gasteiger partial charge < -0.3 is 10.2 Å². The van der Waals surface area contributed by atoms with Crippen molar-refractivity contribution in [3.63, 3.8) is 0 Å². The Balaban J connectivity index is 2.03. The van der Waals surface area contributed by atoms with Crippen molar-refractivity contribution in [1.82, 2.24) is 15.3 Å². The Kier molecular flexibility index (Phi) is 4.17. The highest BCUT2D eigenvalue weighted by molar-refractivity contribution is 5.38. The van der Waals surface area contributed by atoms with Crippen LogP contribution in [0.5, 0.6) is 0 Å². The van der Waals surface area contributed by atoms with Crippen LogP contribution in [0.25, 0.3) is 0 Å². The molecule has 1 N–H and O–H groups in total. The van der Waals surface area contributed by atoms with Gasteiger partial charge in [0.25, 0.3) is 0 Å². The summed E-state index contributed by atoms with van der Waals surface area (Å²) >= 11 is 0. The lowest BCUT2D eigenvalue weighted by molar-refractivity contribution is 0.494. The largest absolute Gasteiger partial charge is 0.355 e. The summed E-state index contributed by atoms with van der Waals surface area (Å²) in [5.41, 5.74) is 1.02. The van der Waals surface area contributed by atoms with Gasteiger partial charge in [0.1, 0.15) is 5.82 Å². The van der Waals surface area contributed by atoms with E-state index in [0.29, 0.717) is 6.04 Å². The second-order valence-corrected chi connectivity index (χ2v) is 5.76. The molecular formula is C14H24N4. The molecule has 2 atom stereocenters. The molecule has 0 spiro atoms. The second kappa shape index (κ2) is 5.65. The number of nitrogens with one attached hydrogen (secondary N) is 1. The van der Waals surface area contributed by atoms with E-state index in [0.717, 1.165) is 43.0 Å². The molecule has 4 heteroatoms. The molecule has 1 fully saturated rings. The van der Waals surface area contributed by atoms with Crippen LogP contribution in [-0.4, -0.2) is 29.1 Å². The molecule has 1 aromatic heterocycles. The summed E-state index contributed by atoms with van der Waals surface area (Å²) in [7, 11) is 0. The molecule has 1 aliphatic rings. The molecule has 2 unspecified atom stereocenters. The maximum absolute atomic E-state index is 4.70. The fraction of sp³-hybridized carbons (Fsp3) is 0.714. The van der Waals surface area contributed by atoms with Crippen molar-refractivity contribution in [2.75, 3.05) is 18.0 Å². The predicted molar refractivity (Wildman–Crippen MR) is 74.5 cm³/mol. The molecule has 0 bridgehead atoms. The molecule has 2 rings (SSSR count). The summed E-state index contributed by atoms with van der Waals surface area (Å²) in [5, 5.41) is 3.38. The summed E-state index contributed by atoms with van der Waals surface area (Å²) in [6, 6.07) is 0.474. The van der Waals surface area contributed by atoms with E-state index in [-0.39, 0.29) is 0 Å². The topological polar surface area (TPSA) is 41.1 Å². The van der Waals surface area contributed by atoms with Crippen molar-refractivity contribution in [3.05, 3.63) is 18.1 Å². The van der Waals surface area contributed by atoms with E-state index >= 15 is 0 Å². The van der Waals surface area contributed by atoms with E-state index in [4.69, 9.17) is 4.98 Å². The van der Waals surface area contributed by atoms with Gasteiger partial charge in [-0.3, -0.25) is 4.98 Å². The van der Waals surface area contributed by atoms with E-state index in [1.54, 1.807) is 0 Å². The first kappa shape index (κ1) is 13.3. The van der Waals surface area contributed by atoms with Gasteiger partial charge in [-0.25, -0.2) is 4.98 Å². The van der Waals surface area contributed by atoms with Gasteiger partial charge in [-0.2, -0.15) is 0 Å². The first-order valence-electron chi connectivity index (χ1n) is 6.85. The standard InChI is InChI=1S/C14H24N4/c1-10(2)16-6-13-5-15-7-14(17-13)18-8-11(3)12(4)9-18/h5,7,10-12,16H,6,8-9H2,1-4H3. The molecule has 0 aromatic carbocycles. The Morgan fingerprint density at radius 1 is 1.28 bits per heavy atom. The van der Waals surface area contributed by atoms with Crippen molar-refractivity contribution in [3.8, 4) is 0 Å². The first-order valence-corrected chi connectivity index (χ1v) is 6.85. The zero-order valence-electron chi connectivity index (χ0n) is 11.8. The Morgan fingerprint density at radius 2 is 1.94 bits per heavy atom. The van der Waals surface area contributed by atoms with Gasteiger partial charge in [0, 0.05) is 31.9 Å². The highest BCUT2D eigenvalue weighted by Gasteiger charge is 2.27. The van der Waals surface area contributed by atoms with Crippen LogP contribution in [0.4, 0.5) is 5.82 Å². The summed E-state index contributed by atoms with van der Waals surface area (Å²) < 4.78 is 0. The number of hydrogen-bond donors (Lipinski definition) is 1. The third kappa shape index (κ3) is 3.19. The molecule has 0 aliphatic carbocycles. The van der Waals surface area contributed by atoms with Crippen molar-refractivity contribution in [2.24, 2.45) is 11.8 Å². The van der Waals surface area contributed by atoms with Crippen LogP contribution in [-0.2, 0) is 6.54 Å². The van der Waals surface area contributed by atoms with Gasteiger partial charge >= 0.3 is 0 Å². The van der Waals surface area contributed by atoms with Crippen LogP contribution < -0.4 is 10.2 Å². The molecule has 1 saturated heterocycles. The average molecular weight is 248 g/mol. The van der Waals surface area contributed by atoms with Gasteiger partial charge in [0.15, 0.2) is 0 Å². The van der Waals surface area contributed by atoms with Crippen LogP contribution in [0.2, 0.25) is 0 Å². The van der Waals surface area contributed by atoms with Crippen LogP contribution in [0, 0.1) is 11.8 Å². The van der Waals surface area contributed by atoms with Gasteiger partial charge in [-0.1, -0.05) is 27.7 Å². The van der Waals surface area contributed by atoms with Crippen LogP contribution in [0.1, 0.15) is 33.4 Å². The maximum Gasteiger partial charge on any atom is 0.147 e. The fourth-order valence-corrected chi connectivity index (χ4v) is 2.26. The van der Waals surface area contributed by atoms with E-state index in [1.165, 1.54) is 0 Å². The van der Waals surface area contributed by atoms with Crippen molar-refractivity contribution in [2.45, 2.75) is 40.3 Å². The molecule has 1 aromatic rings. The van der Waals surface area contributed by atoms with Crippen molar-refractivity contribution in [1.29, 1.82) is 0 Å². The Hall–Kier alpha value is -1.16. The molecule has 4 nitrogen and oxygen atoms in total. The zero-order valence-corrected chi connectivity index (χ0v) is 11.8. The minimum Gasteiger partial charge on any atom is -0.355 e. The predicted octanol–water partition coefficient (Wildman–Crippen LogP) is 2.07. The summed E-state index contributed by atoms with van der Waals surface area (Å²) in [5.74, 6) is 2.50. The normalized spacial score (nSPS) is 23.9. The minimum atomic E-state index is 0.474. The molecule has 18 heavy (non-hydrogen) atoms. The second-order valence-electron chi connectivity index (χ2n) is 5.76. The first-order chi connectivity index (χ1) is 8.56. The lowest BCUT2D eigenvalue weighted by Crippen LogP contribution is -2.24. The average Bonchev–Trinajstić information content (AvgIpc) is 2.68. The van der Waals surface area contributed by atoms with Gasteiger partial charge in [-0.15, -0.1) is 0 Å². The summed E-state index contributed by atoms with van der Waals surface area (Å²) in [6.07, 6.45) is 3.73. The number of rotatable bonds is 4. The minimum absolute atomic E-state index is 0.474. The van der Waals surface area contributed by atoms with E-state index in [1.807, 2.05) is 12.4 Å². The summed E-state index contributed by atoms with van der Waals surface area (Å²) in [6.45, 7) is 11.9. The molecule has 1 aliphatic heterocycles. The number of nitrogens with zero attached hydrogens (tertiary/aromatic N) is 3. The number of hydrogen-bond acceptors (Lipinski definition) is 4. The quantitative estimate of drug-likeness (QED) is 0.885. The zero-order chi connectivity index (χ0) is 13.1. The van der Waals surface area contributed by atoms with Crippen LogP contribution in [0.15, 0.2) is 12.4 Å². The lowest BCUT2D eigenvalue weighted by Gasteiger charge is -2.17.